The largest absolute Gasteiger partial charge is 0.366 e. The number of nitrogens with zero attached hydrogens (tertiary/aromatic N) is 1. The zero-order valence-corrected chi connectivity index (χ0v) is 20.1. The molecule has 5 aromatic rings. The van der Waals surface area contributed by atoms with Crippen LogP contribution in [0, 0.1) is 13.8 Å². The maximum absolute atomic E-state index is 12.7. The third kappa shape index (κ3) is 3.86. The molecule has 0 radical (unpaired) electrons. The molecule has 0 bridgehead atoms. The van der Waals surface area contributed by atoms with Gasteiger partial charge in [0.25, 0.3) is 5.56 Å². The fourth-order valence-electron chi connectivity index (χ4n) is 4.99. The molecule has 35 heavy (non-hydrogen) atoms. The van der Waals surface area contributed by atoms with E-state index in [-0.39, 0.29) is 17.3 Å². The Balaban J connectivity index is 1.74. The molecule has 0 unspecified atom stereocenters. The lowest BCUT2D eigenvalue weighted by Gasteiger charge is -2.16. The molecule has 8 heteroatoms. The van der Waals surface area contributed by atoms with Gasteiger partial charge in [-0.25, -0.2) is 4.79 Å². The number of carbonyl (C=O) groups excluding carboxylic acids is 1. The van der Waals surface area contributed by atoms with Gasteiger partial charge in [0, 0.05) is 45.9 Å². The Morgan fingerprint density at radius 3 is 2.37 bits per heavy atom. The molecule has 0 saturated carbocycles. The monoisotopic (exact) mass is 469 g/mol. The summed E-state index contributed by atoms with van der Waals surface area (Å²) in [7, 11) is 0. The van der Waals surface area contributed by atoms with Crippen molar-refractivity contribution in [1.29, 1.82) is 0 Å². The highest BCUT2D eigenvalue weighted by molar-refractivity contribution is 6.08. The molecule has 0 spiro atoms. The van der Waals surface area contributed by atoms with E-state index in [2.05, 4.69) is 33.4 Å². The number of aromatic amines is 3. The van der Waals surface area contributed by atoms with Crippen molar-refractivity contribution in [3.63, 3.8) is 0 Å². The number of carbonyl (C=O) groups is 1. The first-order valence-electron chi connectivity index (χ1n) is 11.5. The standard InChI is InChI=1S/C27H27N5O3/c1-13(2)32-18(11-19-14(3)7-15(4)29-26(19)34)12-20-21(25(28)33)8-17(10-24(20)32)16-5-6-22-23(9-16)31-27(35)30-22/h5-10,12-13H,11H2,1-4H3,(H2,28,33)(H,29,34)(H2,30,31,35). The molecular formula is C27H27N5O3. The summed E-state index contributed by atoms with van der Waals surface area (Å²) < 4.78 is 2.15. The second-order valence-electron chi connectivity index (χ2n) is 9.38. The molecule has 2 aromatic carbocycles. The van der Waals surface area contributed by atoms with E-state index in [1.807, 2.05) is 50.2 Å². The highest BCUT2D eigenvalue weighted by Crippen LogP contribution is 2.33. The number of hydrogen-bond acceptors (Lipinski definition) is 3. The van der Waals surface area contributed by atoms with Gasteiger partial charge in [-0.1, -0.05) is 6.07 Å². The van der Waals surface area contributed by atoms with Crippen LogP contribution in [0.2, 0.25) is 0 Å². The van der Waals surface area contributed by atoms with Crippen LogP contribution >= 0.6 is 0 Å². The number of benzene rings is 2. The lowest BCUT2D eigenvalue weighted by Crippen LogP contribution is -2.17. The van der Waals surface area contributed by atoms with Crippen LogP contribution in [0.3, 0.4) is 0 Å². The summed E-state index contributed by atoms with van der Waals surface area (Å²) in [5.41, 5.74) is 13.1. The summed E-state index contributed by atoms with van der Waals surface area (Å²) in [6.07, 6.45) is 0.429. The van der Waals surface area contributed by atoms with E-state index in [0.29, 0.717) is 28.6 Å². The molecule has 3 heterocycles. The van der Waals surface area contributed by atoms with E-state index in [0.717, 1.165) is 39.0 Å². The van der Waals surface area contributed by atoms with Crippen LogP contribution in [0.25, 0.3) is 33.1 Å². The van der Waals surface area contributed by atoms with Crippen LogP contribution in [0.5, 0.6) is 0 Å². The summed E-state index contributed by atoms with van der Waals surface area (Å²) in [5.74, 6) is -0.523. The highest BCUT2D eigenvalue weighted by Gasteiger charge is 2.20. The zero-order chi connectivity index (χ0) is 25.0. The molecule has 0 aliphatic rings. The number of pyridine rings is 1. The first-order valence-corrected chi connectivity index (χ1v) is 11.5. The van der Waals surface area contributed by atoms with Gasteiger partial charge in [-0.2, -0.15) is 0 Å². The summed E-state index contributed by atoms with van der Waals surface area (Å²) in [6, 6.07) is 13.4. The first-order chi connectivity index (χ1) is 16.6. The van der Waals surface area contributed by atoms with E-state index in [1.165, 1.54) is 0 Å². The van der Waals surface area contributed by atoms with Crippen molar-refractivity contribution in [2.75, 3.05) is 0 Å². The molecule has 0 fully saturated rings. The maximum atomic E-state index is 12.7. The third-order valence-electron chi connectivity index (χ3n) is 6.52. The summed E-state index contributed by atoms with van der Waals surface area (Å²) in [5, 5.41) is 0.752. The molecule has 0 saturated heterocycles. The number of fused-ring (bicyclic) bond motifs is 2. The van der Waals surface area contributed by atoms with E-state index >= 15 is 0 Å². The minimum absolute atomic E-state index is 0.0758. The van der Waals surface area contributed by atoms with Crippen LogP contribution in [-0.4, -0.2) is 25.4 Å². The van der Waals surface area contributed by atoms with Gasteiger partial charge in [0.15, 0.2) is 0 Å². The lowest BCUT2D eigenvalue weighted by atomic mass is 9.99. The number of hydrogen-bond donors (Lipinski definition) is 4. The van der Waals surface area contributed by atoms with Crippen molar-refractivity contribution in [1.82, 2.24) is 19.5 Å². The van der Waals surface area contributed by atoms with Crippen LogP contribution in [0.15, 0.2) is 52.1 Å². The van der Waals surface area contributed by atoms with E-state index in [9.17, 15) is 14.4 Å². The fourth-order valence-corrected chi connectivity index (χ4v) is 4.99. The Morgan fingerprint density at radius 1 is 0.943 bits per heavy atom. The summed E-state index contributed by atoms with van der Waals surface area (Å²) in [6.45, 7) is 7.95. The minimum atomic E-state index is -0.523. The molecule has 0 atom stereocenters. The van der Waals surface area contributed by atoms with Gasteiger partial charge in [-0.05, 0) is 80.8 Å². The normalized spacial score (nSPS) is 11.7. The lowest BCUT2D eigenvalue weighted by molar-refractivity contribution is 0.100. The Bertz CT molecular complexity index is 1750. The van der Waals surface area contributed by atoms with Crippen molar-refractivity contribution < 1.29 is 4.79 Å². The number of H-pyrrole nitrogens is 3. The molecule has 5 N–H and O–H groups in total. The molecule has 178 valence electrons. The average Bonchev–Trinajstić information content (AvgIpc) is 3.33. The molecule has 3 aromatic heterocycles. The molecular weight excluding hydrogens is 442 g/mol. The van der Waals surface area contributed by atoms with Gasteiger partial charge in [-0.3, -0.25) is 9.59 Å². The molecule has 0 aliphatic heterocycles. The van der Waals surface area contributed by atoms with Crippen molar-refractivity contribution in [2.45, 2.75) is 40.2 Å². The Morgan fingerprint density at radius 2 is 1.69 bits per heavy atom. The zero-order valence-electron chi connectivity index (χ0n) is 20.1. The Labute approximate surface area is 200 Å². The molecule has 1 amide bonds. The van der Waals surface area contributed by atoms with Crippen molar-refractivity contribution in [2.24, 2.45) is 5.73 Å². The van der Waals surface area contributed by atoms with Crippen LogP contribution in [0.4, 0.5) is 0 Å². The number of nitrogens with one attached hydrogen (secondary N) is 3. The Kier molecular flexibility index (Phi) is 5.24. The van der Waals surface area contributed by atoms with Crippen LogP contribution in [0.1, 0.15) is 52.8 Å². The topological polar surface area (TPSA) is 130 Å². The number of amides is 1. The van der Waals surface area contributed by atoms with E-state index in [4.69, 9.17) is 5.73 Å². The van der Waals surface area contributed by atoms with Gasteiger partial charge in [0.1, 0.15) is 0 Å². The number of rotatable bonds is 5. The first kappa shape index (κ1) is 22.5. The predicted molar refractivity (Wildman–Crippen MR) is 138 cm³/mol. The smallest absolute Gasteiger partial charge is 0.323 e. The van der Waals surface area contributed by atoms with Gasteiger partial charge >= 0.3 is 5.69 Å². The number of aromatic nitrogens is 4. The second-order valence-corrected chi connectivity index (χ2v) is 9.38. The second kappa shape index (κ2) is 8.16. The van der Waals surface area contributed by atoms with Gasteiger partial charge in [0.05, 0.1) is 11.0 Å². The van der Waals surface area contributed by atoms with E-state index in [1.54, 1.807) is 6.07 Å². The number of aryl methyl sites for hydroxylation is 2. The van der Waals surface area contributed by atoms with Crippen molar-refractivity contribution in [3.8, 4) is 11.1 Å². The maximum Gasteiger partial charge on any atom is 0.323 e. The number of primary amides is 1. The fraction of sp³-hybridized carbons (Fsp3) is 0.222. The van der Waals surface area contributed by atoms with Gasteiger partial charge in [0.2, 0.25) is 5.91 Å². The van der Waals surface area contributed by atoms with E-state index < -0.39 is 5.91 Å². The van der Waals surface area contributed by atoms with Gasteiger partial charge < -0.3 is 25.3 Å². The highest BCUT2D eigenvalue weighted by atomic mass is 16.1. The van der Waals surface area contributed by atoms with Gasteiger partial charge in [-0.15, -0.1) is 0 Å². The predicted octanol–water partition coefficient (Wildman–Crippen LogP) is 4.05. The molecule has 8 nitrogen and oxygen atoms in total. The Hall–Kier alpha value is -4.33. The average molecular weight is 470 g/mol. The number of imidazole rings is 1. The summed E-state index contributed by atoms with van der Waals surface area (Å²) >= 11 is 0. The van der Waals surface area contributed by atoms with Crippen molar-refractivity contribution in [3.05, 3.63) is 91.4 Å². The van der Waals surface area contributed by atoms with Crippen LogP contribution < -0.4 is 17.0 Å². The van der Waals surface area contributed by atoms with Crippen molar-refractivity contribution >= 4 is 27.8 Å². The SMILES string of the molecule is Cc1cc(C)c(Cc2cc3c(C(N)=O)cc(-c4ccc5[nH]c(=O)[nH]c5c4)cc3n2C(C)C)c(=O)[nH]1. The molecule has 5 rings (SSSR count). The molecule has 0 aliphatic carbocycles. The minimum Gasteiger partial charge on any atom is -0.366 e. The summed E-state index contributed by atoms with van der Waals surface area (Å²) in [4.78, 5) is 45.3. The third-order valence-corrected chi connectivity index (χ3v) is 6.52. The quantitative estimate of drug-likeness (QED) is 0.310. The number of nitrogens with two attached hydrogens (primary N) is 1. The van der Waals surface area contributed by atoms with Crippen LogP contribution in [-0.2, 0) is 6.42 Å².